The second-order valence-electron chi connectivity index (χ2n) is 5.97. The molecule has 2 unspecified atom stereocenters. The third-order valence-electron chi connectivity index (χ3n) is 4.54. The second-order valence-corrected chi connectivity index (χ2v) is 5.97. The van der Waals surface area contributed by atoms with Gasteiger partial charge < -0.3 is 9.84 Å². The molecule has 1 saturated heterocycles. The fourth-order valence-electron chi connectivity index (χ4n) is 3.44. The topological polar surface area (TPSA) is 32.7 Å². The standard InChI is InChI=1S/C19H23NO2/c1-22-19-10-6-5-9-17(19)18-13-20(12-16(18)14-21)11-15-7-3-2-4-8-15/h2-10,16,18,21H,11-14H2,1H3. The van der Waals surface area contributed by atoms with E-state index in [1.165, 1.54) is 11.1 Å². The van der Waals surface area contributed by atoms with Crippen molar-refractivity contribution in [2.45, 2.75) is 12.5 Å². The lowest BCUT2D eigenvalue weighted by Crippen LogP contribution is -2.20. The first-order chi connectivity index (χ1) is 10.8. The van der Waals surface area contributed by atoms with Crippen molar-refractivity contribution >= 4 is 0 Å². The minimum atomic E-state index is 0.216. The van der Waals surface area contributed by atoms with Crippen LogP contribution in [0.5, 0.6) is 5.75 Å². The molecule has 1 fully saturated rings. The number of nitrogens with zero attached hydrogens (tertiary/aromatic N) is 1. The maximum absolute atomic E-state index is 9.78. The molecular formula is C19H23NO2. The van der Waals surface area contributed by atoms with Crippen molar-refractivity contribution < 1.29 is 9.84 Å². The Bertz CT molecular complexity index is 599. The second kappa shape index (κ2) is 6.95. The Morgan fingerprint density at radius 3 is 2.50 bits per heavy atom. The van der Waals surface area contributed by atoms with Gasteiger partial charge in [0.2, 0.25) is 0 Å². The molecule has 0 radical (unpaired) electrons. The molecule has 0 bridgehead atoms. The zero-order valence-corrected chi connectivity index (χ0v) is 13.0. The van der Waals surface area contributed by atoms with Crippen molar-refractivity contribution in [1.29, 1.82) is 0 Å². The van der Waals surface area contributed by atoms with Gasteiger partial charge in [-0.3, -0.25) is 4.90 Å². The van der Waals surface area contributed by atoms with Gasteiger partial charge in [0.15, 0.2) is 0 Å². The lowest BCUT2D eigenvalue weighted by Gasteiger charge is -2.19. The van der Waals surface area contributed by atoms with E-state index in [4.69, 9.17) is 4.74 Å². The summed E-state index contributed by atoms with van der Waals surface area (Å²) in [7, 11) is 1.71. The van der Waals surface area contributed by atoms with E-state index in [0.29, 0.717) is 5.92 Å². The fourth-order valence-corrected chi connectivity index (χ4v) is 3.44. The van der Waals surface area contributed by atoms with Gasteiger partial charge in [-0.2, -0.15) is 0 Å². The highest BCUT2D eigenvalue weighted by Crippen LogP contribution is 2.37. The third kappa shape index (κ3) is 3.16. The number of benzene rings is 2. The summed E-state index contributed by atoms with van der Waals surface area (Å²) < 4.78 is 5.50. The monoisotopic (exact) mass is 297 g/mol. The first kappa shape index (κ1) is 15.1. The van der Waals surface area contributed by atoms with E-state index in [9.17, 15) is 5.11 Å². The lowest BCUT2D eigenvalue weighted by atomic mass is 9.89. The number of aliphatic hydroxyl groups is 1. The Hall–Kier alpha value is -1.84. The number of aliphatic hydroxyl groups excluding tert-OH is 1. The zero-order valence-electron chi connectivity index (χ0n) is 13.0. The number of likely N-dealkylation sites (tertiary alicyclic amines) is 1. The fraction of sp³-hybridized carbons (Fsp3) is 0.368. The van der Waals surface area contributed by atoms with Gasteiger partial charge in [-0.15, -0.1) is 0 Å². The van der Waals surface area contributed by atoms with Gasteiger partial charge in [0.1, 0.15) is 5.75 Å². The summed E-state index contributed by atoms with van der Waals surface area (Å²) in [6, 6.07) is 18.7. The first-order valence-electron chi connectivity index (χ1n) is 7.82. The predicted molar refractivity (Wildman–Crippen MR) is 88.0 cm³/mol. The Kier molecular flexibility index (Phi) is 4.76. The summed E-state index contributed by atoms with van der Waals surface area (Å²) in [6.45, 7) is 3.03. The van der Waals surface area contributed by atoms with Crippen LogP contribution in [-0.2, 0) is 6.54 Å². The molecule has 2 aromatic carbocycles. The van der Waals surface area contributed by atoms with Crippen LogP contribution in [0.25, 0.3) is 0 Å². The Balaban J connectivity index is 1.77. The molecule has 1 N–H and O–H groups in total. The average molecular weight is 297 g/mol. The molecule has 0 amide bonds. The molecule has 1 heterocycles. The number of methoxy groups -OCH3 is 1. The van der Waals surface area contributed by atoms with Crippen LogP contribution in [0.1, 0.15) is 17.0 Å². The molecule has 22 heavy (non-hydrogen) atoms. The number of ether oxygens (including phenoxy) is 1. The molecule has 0 saturated carbocycles. The van der Waals surface area contributed by atoms with Crippen LogP contribution in [0, 0.1) is 5.92 Å². The molecule has 2 aromatic rings. The molecule has 3 nitrogen and oxygen atoms in total. The van der Waals surface area contributed by atoms with Crippen LogP contribution < -0.4 is 4.74 Å². The molecule has 2 atom stereocenters. The van der Waals surface area contributed by atoms with Gasteiger partial charge >= 0.3 is 0 Å². The molecule has 116 valence electrons. The number of hydrogen-bond donors (Lipinski definition) is 1. The summed E-state index contributed by atoms with van der Waals surface area (Å²) in [4.78, 5) is 2.42. The van der Waals surface area contributed by atoms with Crippen LogP contribution in [0.15, 0.2) is 54.6 Å². The summed E-state index contributed by atoms with van der Waals surface area (Å²) in [5, 5.41) is 9.78. The maximum Gasteiger partial charge on any atom is 0.122 e. The largest absolute Gasteiger partial charge is 0.496 e. The van der Waals surface area contributed by atoms with Crippen molar-refractivity contribution in [3.63, 3.8) is 0 Å². The minimum Gasteiger partial charge on any atom is -0.496 e. The van der Waals surface area contributed by atoms with Crippen LogP contribution >= 0.6 is 0 Å². The molecule has 0 aromatic heterocycles. The van der Waals surface area contributed by atoms with Gasteiger partial charge in [-0.05, 0) is 17.2 Å². The van der Waals surface area contributed by atoms with Crippen LogP contribution in [0.2, 0.25) is 0 Å². The molecule has 0 aliphatic carbocycles. The van der Waals surface area contributed by atoms with E-state index in [1.807, 2.05) is 24.3 Å². The summed E-state index contributed by atoms with van der Waals surface area (Å²) >= 11 is 0. The predicted octanol–water partition coefficient (Wildman–Crippen LogP) is 2.90. The highest BCUT2D eigenvalue weighted by molar-refractivity contribution is 5.37. The highest BCUT2D eigenvalue weighted by atomic mass is 16.5. The maximum atomic E-state index is 9.78. The van der Waals surface area contributed by atoms with Crippen molar-refractivity contribution in [2.24, 2.45) is 5.92 Å². The molecule has 1 aliphatic rings. The third-order valence-corrected chi connectivity index (χ3v) is 4.54. The Morgan fingerprint density at radius 2 is 1.77 bits per heavy atom. The van der Waals surface area contributed by atoms with Crippen LogP contribution in [0.4, 0.5) is 0 Å². The van der Waals surface area contributed by atoms with Gasteiger partial charge in [0.25, 0.3) is 0 Å². The van der Waals surface area contributed by atoms with E-state index in [0.717, 1.165) is 25.4 Å². The van der Waals surface area contributed by atoms with Crippen molar-refractivity contribution in [3.8, 4) is 5.75 Å². The molecule has 3 rings (SSSR count). The summed E-state index contributed by atoms with van der Waals surface area (Å²) in [5.74, 6) is 1.51. The van der Waals surface area contributed by atoms with Crippen LogP contribution in [0.3, 0.4) is 0 Å². The Labute approximate surface area is 132 Å². The van der Waals surface area contributed by atoms with E-state index >= 15 is 0 Å². The van der Waals surface area contributed by atoms with E-state index < -0.39 is 0 Å². The lowest BCUT2D eigenvalue weighted by molar-refractivity contribution is 0.213. The molecule has 3 heteroatoms. The SMILES string of the molecule is COc1ccccc1C1CN(Cc2ccccc2)CC1CO. The smallest absolute Gasteiger partial charge is 0.122 e. The van der Waals surface area contributed by atoms with Gasteiger partial charge in [0.05, 0.1) is 7.11 Å². The van der Waals surface area contributed by atoms with Gasteiger partial charge in [-0.1, -0.05) is 48.5 Å². The highest BCUT2D eigenvalue weighted by Gasteiger charge is 2.34. The summed E-state index contributed by atoms with van der Waals surface area (Å²) in [5.41, 5.74) is 2.53. The Morgan fingerprint density at radius 1 is 1.05 bits per heavy atom. The van der Waals surface area contributed by atoms with E-state index in [1.54, 1.807) is 7.11 Å². The minimum absolute atomic E-state index is 0.216. The van der Waals surface area contributed by atoms with Crippen molar-refractivity contribution in [1.82, 2.24) is 4.90 Å². The zero-order chi connectivity index (χ0) is 15.4. The number of rotatable bonds is 5. The number of para-hydroxylation sites is 1. The molecular weight excluding hydrogens is 274 g/mol. The van der Waals surface area contributed by atoms with Crippen LogP contribution in [-0.4, -0.2) is 36.8 Å². The van der Waals surface area contributed by atoms with Gasteiger partial charge in [-0.25, -0.2) is 0 Å². The number of hydrogen-bond acceptors (Lipinski definition) is 3. The average Bonchev–Trinajstić information content (AvgIpc) is 2.98. The van der Waals surface area contributed by atoms with Crippen molar-refractivity contribution in [3.05, 3.63) is 65.7 Å². The van der Waals surface area contributed by atoms with Gasteiger partial charge in [0, 0.05) is 38.1 Å². The molecule has 0 spiro atoms. The quantitative estimate of drug-likeness (QED) is 0.921. The van der Waals surface area contributed by atoms with E-state index in [2.05, 4.69) is 35.2 Å². The van der Waals surface area contributed by atoms with E-state index in [-0.39, 0.29) is 12.5 Å². The van der Waals surface area contributed by atoms with Crippen molar-refractivity contribution in [2.75, 3.05) is 26.8 Å². The normalized spacial score (nSPS) is 21.9. The first-order valence-corrected chi connectivity index (χ1v) is 7.82. The molecule has 1 aliphatic heterocycles. The summed E-state index contributed by atoms with van der Waals surface area (Å²) in [6.07, 6.45) is 0.